The standard InChI is InChI=1S/C19H18N6O2/c20-8-14-10-23-19(11-22-14)24-18-7-17(27-25-18)15-3-1-2-4-16(15)26-12-13-5-6-21-9-13/h1-4,7,10-11,13,21H,5-6,9,12H2,(H,23,24,25). The Morgan fingerprint density at radius 1 is 1.26 bits per heavy atom. The summed E-state index contributed by atoms with van der Waals surface area (Å²) in [6, 6.07) is 11.4. The number of hydrogen-bond acceptors (Lipinski definition) is 8. The van der Waals surface area contributed by atoms with Crippen LogP contribution in [0, 0.1) is 17.2 Å². The van der Waals surface area contributed by atoms with Gasteiger partial charge in [0.05, 0.1) is 24.6 Å². The maximum Gasteiger partial charge on any atom is 0.175 e. The number of hydrogen-bond donors (Lipinski definition) is 2. The molecule has 1 aromatic carbocycles. The Kier molecular flexibility index (Phi) is 4.94. The lowest BCUT2D eigenvalue weighted by Crippen LogP contribution is -2.15. The van der Waals surface area contributed by atoms with Crippen molar-refractivity contribution in [1.82, 2.24) is 20.4 Å². The third-order valence-electron chi connectivity index (χ3n) is 4.32. The Bertz CT molecular complexity index is 941. The van der Waals surface area contributed by atoms with Crippen LogP contribution in [0.4, 0.5) is 11.6 Å². The van der Waals surface area contributed by atoms with E-state index >= 15 is 0 Å². The summed E-state index contributed by atoms with van der Waals surface area (Å²) in [4.78, 5) is 8.07. The molecule has 1 saturated heterocycles. The van der Waals surface area contributed by atoms with Crippen LogP contribution in [0.3, 0.4) is 0 Å². The zero-order valence-electron chi connectivity index (χ0n) is 14.6. The van der Waals surface area contributed by atoms with Crippen LogP contribution in [-0.2, 0) is 0 Å². The molecule has 0 spiro atoms. The van der Waals surface area contributed by atoms with Crippen molar-refractivity contribution in [2.75, 3.05) is 25.0 Å². The van der Waals surface area contributed by atoms with Crippen molar-refractivity contribution in [3.63, 3.8) is 0 Å². The summed E-state index contributed by atoms with van der Waals surface area (Å²) >= 11 is 0. The van der Waals surface area contributed by atoms with Crippen molar-refractivity contribution >= 4 is 11.6 Å². The smallest absolute Gasteiger partial charge is 0.175 e. The summed E-state index contributed by atoms with van der Waals surface area (Å²) in [5.74, 6) is 2.87. The minimum Gasteiger partial charge on any atom is -0.492 e. The molecule has 0 bridgehead atoms. The number of nitrogens with zero attached hydrogens (tertiary/aromatic N) is 4. The van der Waals surface area contributed by atoms with E-state index in [0.717, 1.165) is 30.8 Å². The van der Waals surface area contributed by atoms with E-state index in [1.165, 1.54) is 12.4 Å². The van der Waals surface area contributed by atoms with Crippen LogP contribution in [-0.4, -0.2) is 34.8 Å². The average molecular weight is 362 g/mol. The molecule has 1 fully saturated rings. The predicted molar refractivity (Wildman–Crippen MR) is 98.4 cm³/mol. The number of anilines is 2. The van der Waals surface area contributed by atoms with E-state index in [2.05, 4.69) is 25.8 Å². The molecule has 3 heterocycles. The monoisotopic (exact) mass is 362 g/mol. The number of benzene rings is 1. The van der Waals surface area contributed by atoms with Crippen LogP contribution in [0.5, 0.6) is 5.75 Å². The molecule has 8 heteroatoms. The number of aromatic nitrogens is 3. The van der Waals surface area contributed by atoms with Crippen molar-refractivity contribution in [3.05, 3.63) is 48.4 Å². The Morgan fingerprint density at radius 2 is 2.19 bits per heavy atom. The first-order chi connectivity index (χ1) is 13.3. The maximum atomic E-state index is 8.77. The van der Waals surface area contributed by atoms with Gasteiger partial charge in [0.25, 0.3) is 0 Å². The molecule has 0 amide bonds. The van der Waals surface area contributed by atoms with Crippen molar-refractivity contribution in [1.29, 1.82) is 5.26 Å². The molecule has 1 atom stereocenters. The summed E-state index contributed by atoms with van der Waals surface area (Å²) in [6.07, 6.45) is 3.99. The van der Waals surface area contributed by atoms with E-state index in [1.54, 1.807) is 6.07 Å². The highest BCUT2D eigenvalue weighted by Gasteiger charge is 2.17. The Balaban J connectivity index is 1.48. The second kappa shape index (κ2) is 7.85. The molecule has 4 rings (SSSR count). The van der Waals surface area contributed by atoms with E-state index in [9.17, 15) is 0 Å². The molecule has 2 N–H and O–H groups in total. The number of ether oxygens (including phenoxy) is 1. The van der Waals surface area contributed by atoms with Gasteiger partial charge in [-0.25, -0.2) is 9.97 Å². The first kappa shape index (κ1) is 17.0. The Morgan fingerprint density at radius 3 is 2.96 bits per heavy atom. The normalized spacial score (nSPS) is 16.0. The van der Waals surface area contributed by atoms with Gasteiger partial charge < -0.3 is 19.9 Å². The minimum atomic E-state index is 0.255. The molecule has 1 unspecified atom stereocenters. The van der Waals surface area contributed by atoms with E-state index in [-0.39, 0.29) is 5.69 Å². The van der Waals surface area contributed by atoms with Gasteiger partial charge in [0.1, 0.15) is 17.6 Å². The van der Waals surface area contributed by atoms with Crippen LogP contribution in [0.15, 0.2) is 47.2 Å². The Hall–Kier alpha value is -3.44. The fourth-order valence-corrected chi connectivity index (χ4v) is 2.90. The quantitative estimate of drug-likeness (QED) is 0.689. The van der Waals surface area contributed by atoms with Gasteiger partial charge in [-0.15, -0.1) is 0 Å². The summed E-state index contributed by atoms with van der Waals surface area (Å²) in [5, 5.41) is 19.1. The highest BCUT2D eigenvalue weighted by molar-refractivity contribution is 5.68. The molecule has 1 aliphatic heterocycles. The molecule has 0 aliphatic carbocycles. The molecule has 2 aromatic heterocycles. The second-order valence-corrected chi connectivity index (χ2v) is 6.27. The zero-order chi connectivity index (χ0) is 18.5. The van der Waals surface area contributed by atoms with Crippen LogP contribution < -0.4 is 15.4 Å². The summed E-state index contributed by atoms with van der Waals surface area (Å²) in [5.41, 5.74) is 1.10. The van der Waals surface area contributed by atoms with Crippen molar-refractivity contribution in [3.8, 4) is 23.1 Å². The number of nitriles is 1. The van der Waals surface area contributed by atoms with Crippen LogP contribution in [0.1, 0.15) is 12.1 Å². The van der Waals surface area contributed by atoms with Gasteiger partial charge in [0, 0.05) is 18.5 Å². The third kappa shape index (κ3) is 4.04. The fraction of sp³-hybridized carbons (Fsp3) is 0.263. The van der Waals surface area contributed by atoms with Gasteiger partial charge >= 0.3 is 0 Å². The molecule has 136 valence electrons. The lowest BCUT2D eigenvalue weighted by atomic mass is 10.1. The lowest BCUT2D eigenvalue weighted by molar-refractivity contribution is 0.260. The average Bonchev–Trinajstić information content (AvgIpc) is 3.39. The number of para-hydroxylation sites is 1. The van der Waals surface area contributed by atoms with Crippen molar-refractivity contribution in [2.45, 2.75) is 6.42 Å². The third-order valence-corrected chi connectivity index (χ3v) is 4.32. The van der Waals surface area contributed by atoms with Gasteiger partial charge in [0.2, 0.25) is 0 Å². The SMILES string of the molecule is N#Cc1cnc(Nc2cc(-c3ccccc3OCC3CCNC3)on2)cn1. The maximum absolute atomic E-state index is 8.77. The molecule has 27 heavy (non-hydrogen) atoms. The van der Waals surface area contributed by atoms with Crippen molar-refractivity contribution < 1.29 is 9.26 Å². The Labute approximate surface area is 156 Å². The summed E-state index contributed by atoms with van der Waals surface area (Å²) < 4.78 is 11.5. The van der Waals surface area contributed by atoms with Gasteiger partial charge in [-0.3, -0.25) is 0 Å². The summed E-state index contributed by atoms with van der Waals surface area (Å²) in [7, 11) is 0. The predicted octanol–water partition coefficient (Wildman–Crippen LogP) is 2.74. The number of rotatable bonds is 6. The molecule has 0 radical (unpaired) electrons. The van der Waals surface area contributed by atoms with Gasteiger partial charge in [-0.05, 0) is 25.1 Å². The molecule has 8 nitrogen and oxygen atoms in total. The van der Waals surface area contributed by atoms with E-state index < -0.39 is 0 Å². The van der Waals surface area contributed by atoms with Crippen LogP contribution in [0.2, 0.25) is 0 Å². The highest BCUT2D eigenvalue weighted by atomic mass is 16.5. The molecule has 0 saturated carbocycles. The number of nitrogens with one attached hydrogen (secondary N) is 2. The largest absolute Gasteiger partial charge is 0.492 e. The minimum absolute atomic E-state index is 0.255. The molecule has 1 aliphatic rings. The fourth-order valence-electron chi connectivity index (χ4n) is 2.90. The topological polar surface area (TPSA) is 109 Å². The molecular formula is C19H18N6O2. The van der Waals surface area contributed by atoms with Crippen LogP contribution >= 0.6 is 0 Å². The van der Waals surface area contributed by atoms with E-state index in [4.69, 9.17) is 14.5 Å². The van der Waals surface area contributed by atoms with Crippen LogP contribution in [0.25, 0.3) is 11.3 Å². The van der Waals surface area contributed by atoms with Gasteiger partial charge in [-0.2, -0.15) is 5.26 Å². The summed E-state index contributed by atoms with van der Waals surface area (Å²) in [6.45, 7) is 2.71. The first-order valence-electron chi connectivity index (χ1n) is 8.70. The van der Waals surface area contributed by atoms with E-state index in [0.29, 0.717) is 29.9 Å². The lowest BCUT2D eigenvalue weighted by Gasteiger charge is -2.13. The second-order valence-electron chi connectivity index (χ2n) is 6.27. The van der Waals surface area contributed by atoms with Crippen molar-refractivity contribution in [2.24, 2.45) is 5.92 Å². The van der Waals surface area contributed by atoms with Gasteiger partial charge in [-0.1, -0.05) is 17.3 Å². The highest BCUT2D eigenvalue weighted by Crippen LogP contribution is 2.32. The molecule has 3 aromatic rings. The first-order valence-corrected chi connectivity index (χ1v) is 8.70. The zero-order valence-corrected chi connectivity index (χ0v) is 14.6. The van der Waals surface area contributed by atoms with Gasteiger partial charge in [0.15, 0.2) is 17.3 Å². The van der Waals surface area contributed by atoms with E-state index in [1.807, 2.05) is 30.3 Å². The molecular weight excluding hydrogens is 344 g/mol.